The molecule has 4 atom stereocenters. The average Bonchev–Trinajstić information content (AvgIpc) is 2.49. The molecule has 0 saturated carbocycles. The Hall–Kier alpha value is 0.638. The van der Waals surface area contributed by atoms with Gasteiger partial charge in [-0.05, 0) is 123 Å². The van der Waals surface area contributed by atoms with Crippen LogP contribution in [0, 0.1) is 11.3 Å². The number of hydrogen-bond donors (Lipinski definition) is 0. The predicted octanol–water partition coefficient (Wildman–Crippen LogP) is 7.58. The zero-order chi connectivity index (χ0) is 25.5. The molecule has 0 N–H and O–H groups in total. The van der Waals surface area contributed by atoms with E-state index in [1.54, 1.807) is 0 Å². The van der Waals surface area contributed by atoms with Crippen LogP contribution in [0.1, 0.15) is 0 Å². The summed E-state index contributed by atoms with van der Waals surface area (Å²) in [6.45, 7) is 25.9. The Labute approximate surface area is 217 Å². The molecule has 0 aromatic rings. The quantitative estimate of drug-likeness (QED) is 0.153. The molecule has 32 heavy (non-hydrogen) atoms. The first-order valence-corrected chi connectivity index (χ1v) is 26.2. The molecule has 0 heterocycles. The molecule has 0 amide bonds. The maximum absolute atomic E-state index is 9.26. The van der Waals surface area contributed by atoms with Crippen molar-refractivity contribution in [2.75, 3.05) is 0 Å². The summed E-state index contributed by atoms with van der Waals surface area (Å²) in [4.78, 5) is 0. The van der Waals surface area contributed by atoms with E-state index in [-0.39, 0.29) is 6.10 Å². The van der Waals surface area contributed by atoms with Crippen molar-refractivity contribution in [2.24, 2.45) is 0 Å². The number of hydrogen-bond acceptors (Lipinski definition) is 5. The monoisotopic (exact) mass is 643 g/mol. The van der Waals surface area contributed by atoms with Crippen molar-refractivity contribution in [1.29, 1.82) is 5.26 Å². The van der Waals surface area contributed by atoms with Crippen molar-refractivity contribution in [3.05, 3.63) is 21.6 Å². The van der Waals surface area contributed by atoms with Crippen LogP contribution in [-0.2, 0) is 17.7 Å². The lowest BCUT2D eigenvalue weighted by atomic mass is 10.0. The fraction of sp³-hybridized carbons (Fsp3) is 0.762. The highest BCUT2D eigenvalue weighted by Gasteiger charge is 2.43. The Morgan fingerprint density at radius 1 is 0.656 bits per heavy atom. The van der Waals surface area contributed by atoms with Gasteiger partial charge in [-0.2, -0.15) is 5.26 Å². The van der Waals surface area contributed by atoms with Gasteiger partial charge in [-0.25, -0.2) is 0 Å². The highest BCUT2D eigenvalue weighted by Crippen LogP contribution is 2.30. The Balaban J connectivity index is 6.81. The third kappa shape index (κ3) is 16.3. The van der Waals surface area contributed by atoms with Gasteiger partial charge >= 0.3 is 0 Å². The number of nitriles is 1. The van der Waals surface area contributed by atoms with E-state index in [2.05, 4.69) is 116 Å². The van der Waals surface area contributed by atoms with E-state index in [1.165, 1.54) is 6.08 Å². The summed E-state index contributed by atoms with van der Waals surface area (Å²) in [5.74, 6) is 0. The first kappa shape index (κ1) is 32.6. The van der Waals surface area contributed by atoms with E-state index in [1.807, 2.05) is 12.2 Å². The molecule has 11 heteroatoms. The van der Waals surface area contributed by atoms with Gasteiger partial charge in [-0.1, -0.05) is 0 Å². The van der Waals surface area contributed by atoms with Gasteiger partial charge in [0, 0.05) is 6.08 Å². The smallest absolute Gasteiger partial charge is 0.184 e. The lowest BCUT2D eigenvalue weighted by Gasteiger charge is -2.44. The molecule has 0 aliphatic carbocycles. The van der Waals surface area contributed by atoms with Gasteiger partial charge in [0.1, 0.15) is 12.2 Å². The van der Waals surface area contributed by atoms with Crippen LogP contribution >= 0.6 is 31.9 Å². The van der Waals surface area contributed by atoms with Gasteiger partial charge in [-0.3, -0.25) is 0 Å². The minimum Gasteiger partial charge on any atom is -0.409 e. The van der Waals surface area contributed by atoms with Gasteiger partial charge in [0.25, 0.3) is 0 Å². The first-order chi connectivity index (χ1) is 14.1. The van der Waals surface area contributed by atoms with Gasteiger partial charge in [0.05, 0.1) is 21.7 Å². The van der Waals surface area contributed by atoms with Crippen molar-refractivity contribution in [3.63, 3.8) is 0 Å². The standard InChI is InChI=1S/C21H43Br2NO4Si4/c1-29(2,3)25-17(14-13-15-24)20(27-31(7,8)9)21(28-32(10,11)12)18(16-19(22)23)26-30(4,5)6/h13-14,16-18,20-21H,1-12H3/b14-13+/t17-,18+,20+,21+/m0/s1. The van der Waals surface area contributed by atoms with E-state index in [0.717, 1.165) is 3.39 Å². The summed E-state index contributed by atoms with van der Waals surface area (Å²) < 4.78 is 27.6. The summed E-state index contributed by atoms with van der Waals surface area (Å²) in [7, 11) is -7.92. The summed E-state index contributed by atoms with van der Waals surface area (Å²) in [6, 6.07) is 2.12. The molecule has 0 rings (SSSR count). The Kier molecular flexibility index (Phi) is 13.3. The summed E-state index contributed by atoms with van der Waals surface area (Å²) in [6.07, 6.45) is 3.75. The Morgan fingerprint density at radius 2 is 1.00 bits per heavy atom. The fourth-order valence-electron chi connectivity index (χ4n) is 2.95. The van der Waals surface area contributed by atoms with Crippen molar-refractivity contribution in [1.82, 2.24) is 0 Å². The first-order valence-electron chi connectivity index (χ1n) is 10.9. The average molecular weight is 646 g/mol. The van der Waals surface area contributed by atoms with Crippen LogP contribution in [0.4, 0.5) is 0 Å². The molecule has 0 saturated heterocycles. The second kappa shape index (κ2) is 13.1. The van der Waals surface area contributed by atoms with Crippen LogP contribution in [0.25, 0.3) is 0 Å². The number of halogens is 2. The molecule has 0 aromatic heterocycles. The normalized spacial score (nSPS) is 17.5. The Morgan fingerprint density at radius 3 is 1.31 bits per heavy atom. The fourth-order valence-corrected chi connectivity index (χ4v) is 7.69. The maximum Gasteiger partial charge on any atom is 0.184 e. The van der Waals surface area contributed by atoms with Crippen LogP contribution in [-0.4, -0.2) is 57.7 Å². The molecule has 0 bridgehead atoms. The van der Waals surface area contributed by atoms with Crippen molar-refractivity contribution < 1.29 is 17.7 Å². The lowest BCUT2D eigenvalue weighted by molar-refractivity contribution is -0.0534. The SMILES string of the molecule is C[Si](C)(C)O[C@@H]([C@H](O[Si](C)(C)C)[C@@H](C=C(Br)Br)O[Si](C)(C)C)[C@H](/C=C/C#N)O[Si](C)(C)C. The summed E-state index contributed by atoms with van der Waals surface area (Å²) in [5, 5.41) is 9.26. The third-order valence-corrected chi connectivity index (χ3v) is 8.03. The van der Waals surface area contributed by atoms with Gasteiger partial charge < -0.3 is 17.7 Å². The molecule has 0 aliphatic rings. The van der Waals surface area contributed by atoms with Crippen molar-refractivity contribution >= 4 is 65.1 Å². The van der Waals surface area contributed by atoms with Crippen LogP contribution in [0.5, 0.6) is 0 Å². The molecule has 0 spiro atoms. The van der Waals surface area contributed by atoms with Gasteiger partial charge in [0.2, 0.25) is 0 Å². The van der Waals surface area contributed by atoms with E-state index in [9.17, 15) is 5.26 Å². The second-order valence-corrected chi connectivity index (χ2v) is 32.3. The molecular formula is C21H43Br2NO4Si4. The number of rotatable bonds is 13. The minimum absolute atomic E-state index is 0.341. The lowest BCUT2D eigenvalue weighted by Crippen LogP contribution is -2.57. The van der Waals surface area contributed by atoms with E-state index in [4.69, 9.17) is 17.7 Å². The second-order valence-electron chi connectivity index (χ2n) is 11.7. The topological polar surface area (TPSA) is 60.7 Å². The third-order valence-electron chi connectivity index (χ3n) is 3.58. The van der Waals surface area contributed by atoms with Crippen LogP contribution < -0.4 is 0 Å². The van der Waals surface area contributed by atoms with Gasteiger partial charge in [0.15, 0.2) is 33.3 Å². The zero-order valence-electron chi connectivity index (χ0n) is 21.9. The zero-order valence-corrected chi connectivity index (χ0v) is 29.0. The van der Waals surface area contributed by atoms with E-state index in [0.29, 0.717) is 0 Å². The highest BCUT2D eigenvalue weighted by molar-refractivity contribution is 9.28. The van der Waals surface area contributed by atoms with Gasteiger partial charge in [-0.15, -0.1) is 0 Å². The molecule has 0 aromatic carbocycles. The highest BCUT2D eigenvalue weighted by atomic mass is 79.9. The van der Waals surface area contributed by atoms with E-state index >= 15 is 0 Å². The maximum atomic E-state index is 9.26. The van der Waals surface area contributed by atoms with Crippen molar-refractivity contribution in [2.45, 2.75) is 103 Å². The minimum atomic E-state index is -2.01. The number of nitrogens with zero attached hydrogens (tertiary/aromatic N) is 1. The van der Waals surface area contributed by atoms with Crippen LogP contribution in [0.2, 0.25) is 78.6 Å². The van der Waals surface area contributed by atoms with E-state index < -0.39 is 51.6 Å². The molecular weight excluding hydrogens is 602 g/mol. The van der Waals surface area contributed by atoms with Crippen LogP contribution in [0.3, 0.4) is 0 Å². The summed E-state index contributed by atoms with van der Waals surface area (Å²) >= 11 is 7.05. The van der Waals surface area contributed by atoms with Crippen molar-refractivity contribution in [3.8, 4) is 6.07 Å². The molecule has 5 nitrogen and oxygen atoms in total. The van der Waals surface area contributed by atoms with Crippen LogP contribution in [0.15, 0.2) is 21.6 Å². The predicted molar refractivity (Wildman–Crippen MR) is 154 cm³/mol. The Bertz CT molecular complexity index is 682. The number of allylic oxidation sites excluding steroid dienone is 1. The summed E-state index contributed by atoms with van der Waals surface area (Å²) in [5.41, 5.74) is 0. The molecule has 0 fully saturated rings. The molecule has 0 radical (unpaired) electrons. The largest absolute Gasteiger partial charge is 0.409 e. The molecule has 186 valence electrons. The molecule has 0 aliphatic heterocycles. The molecule has 0 unspecified atom stereocenters.